The van der Waals surface area contributed by atoms with E-state index in [1.165, 1.54) is 0 Å². The number of rotatable bonds is 6. The van der Waals surface area contributed by atoms with Crippen LogP contribution < -0.4 is 10.9 Å². The second-order valence-corrected chi connectivity index (χ2v) is 9.25. The third-order valence-electron chi connectivity index (χ3n) is 6.89. The number of benzene rings is 4. The van der Waals surface area contributed by atoms with E-state index in [0.29, 0.717) is 81.0 Å². The summed E-state index contributed by atoms with van der Waals surface area (Å²) in [6.45, 7) is 0. The van der Waals surface area contributed by atoms with Crippen LogP contribution >= 0.6 is 0 Å². The van der Waals surface area contributed by atoms with Crippen molar-refractivity contribution in [2.75, 3.05) is 0 Å². The van der Waals surface area contributed by atoms with Crippen LogP contribution in [0.5, 0.6) is 0 Å². The van der Waals surface area contributed by atoms with Gasteiger partial charge in [-0.1, -0.05) is 60.7 Å². The Kier molecular flexibility index (Phi) is 6.07. The first-order valence-corrected chi connectivity index (χ1v) is 12.6. The summed E-state index contributed by atoms with van der Waals surface area (Å²) in [4.78, 5) is 27.5. The molecule has 0 spiro atoms. The van der Waals surface area contributed by atoms with Crippen LogP contribution in [0.4, 0.5) is 0 Å². The van der Waals surface area contributed by atoms with E-state index in [9.17, 15) is 9.59 Å². The highest BCUT2D eigenvalue weighted by Crippen LogP contribution is 2.39. The maximum atomic E-state index is 14.0. The van der Waals surface area contributed by atoms with Gasteiger partial charge in [-0.3, -0.25) is 9.59 Å². The number of nitrogens with zero attached hydrogens (tertiary/aromatic N) is 1. The maximum absolute atomic E-state index is 14.0. The third-order valence-corrected chi connectivity index (χ3v) is 6.89. The number of fused-ring (bicyclic) bond motifs is 3. The Hall–Kier alpha value is -4.95. The molecule has 0 aliphatic carbocycles. The number of para-hydroxylation sites is 2. The molecule has 6 aromatic rings. The highest BCUT2D eigenvalue weighted by atomic mass is 16.3. The van der Waals surface area contributed by atoms with Crippen molar-refractivity contribution in [3.63, 3.8) is 0 Å². The Bertz CT molecular complexity index is 1980. The summed E-state index contributed by atoms with van der Waals surface area (Å²) in [6, 6.07) is 29.8. The molecule has 2 aromatic heterocycles. The Labute approximate surface area is 218 Å². The van der Waals surface area contributed by atoms with Crippen LogP contribution in [0, 0.1) is 11.3 Å². The molecular formula is C33H23NO4. The molecule has 0 aliphatic rings. The van der Waals surface area contributed by atoms with E-state index in [2.05, 4.69) is 6.07 Å². The fourth-order valence-electron chi connectivity index (χ4n) is 5.09. The van der Waals surface area contributed by atoms with Crippen molar-refractivity contribution in [2.45, 2.75) is 25.7 Å². The highest BCUT2D eigenvalue weighted by molar-refractivity contribution is 6.04. The lowest BCUT2D eigenvalue weighted by Crippen LogP contribution is -2.11. The number of nitriles is 1. The minimum Gasteiger partial charge on any atom is -0.460 e. The summed E-state index contributed by atoms with van der Waals surface area (Å²) in [5.74, 6) is 0.561. The lowest BCUT2D eigenvalue weighted by Gasteiger charge is -2.16. The standard InChI is InChI=1S/C33H23NO4/c34-20-10-2-5-17-28-30(32(36)23-14-7-8-15-26(23)37-28)24-18-19-25-31(35)22-13-6-9-16-27(22)38-33(25)29(24)21-11-3-1-4-12-21/h1,3-4,6-9,11-16,18-19H,2,5,10,17H2. The largest absolute Gasteiger partial charge is 0.460 e. The molecular weight excluding hydrogens is 474 g/mol. The van der Waals surface area contributed by atoms with E-state index in [0.717, 1.165) is 5.56 Å². The van der Waals surface area contributed by atoms with Gasteiger partial charge in [0.05, 0.1) is 27.8 Å². The average Bonchev–Trinajstić information content (AvgIpc) is 2.96. The zero-order chi connectivity index (χ0) is 26.1. The number of unbranched alkanes of at least 4 members (excludes halogenated alkanes) is 2. The molecule has 5 nitrogen and oxygen atoms in total. The van der Waals surface area contributed by atoms with Gasteiger partial charge in [0.1, 0.15) is 22.5 Å². The third kappa shape index (κ3) is 3.97. The topological polar surface area (TPSA) is 84.2 Å². The molecule has 0 aliphatic heterocycles. The van der Waals surface area contributed by atoms with Crippen molar-refractivity contribution in [3.05, 3.63) is 117 Å². The number of aryl methyl sites for hydroxylation is 1. The molecule has 6 rings (SSSR count). The van der Waals surface area contributed by atoms with Crippen LogP contribution in [0.15, 0.2) is 109 Å². The molecule has 0 fully saturated rings. The Morgan fingerprint density at radius 3 is 2.03 bits per heavy atom. The quantitative estimate of drug-likeness (QED) is 0.174. The molecule has 0 radical (unpaired) electrons. The van der Waals surface area contributed by atoms with Crippen LogP contribution in [-0.2, 0) is 6.42 Å². The van der Waals surface area contributed by atoms with Crippen LogP contribution in [0.25, 0.3) is 55.2 Å². The van der Waals surface area contributed by atoms with Gasteiger partial charge in [-0.2, -0.15) is 5.26 Å². The van der Waals surface area contributed by atoms with Crippen molar-refractivity contribution >= 4 is 32.9 Å². The lowest BCUT2D eigenvalue weighted by molar-refractivity contribution is 0.524. The first-order chi connectivity index (χ1) is 18.7. The molecule has 0 saturated carbocycles. The Morgan fingerprint density at radius 1 is 0.632 bits per heavy atom. The second kappa shape index (κ2) is 9.84. The van der Waals surface area contributed by atoms with E-state index in [1.54, 1.807) is 30.3 Å². The van der Waals surface area contributed by atoms with E-state index in [1.807, 2.05) is 60.7 Å². The van der Waals surface area contributed by atoms with E-state index in [4.69, 9.17) is 14.1 Å². The van der Waals surface area contributed by atoms with Gasteiger partial charge in [-0.15, -0.1) is 0 Å². The van der Waals surface area contributed by atoms with Crippen molar-refractivity contribution < 1.29 is 8.83 Å². The predicted octanol–water partition coefficient (Wildman–Crippen LogP) is 7.62. The fourth-order valence-corrected chi connectivity index (χ4v) is 5.09. The molecule has 0 atom stereocenters. The fraction of sp³-hybridized carbons (Fsp3) is 0.121. The Morgan fingerprint density at radius 2 is 1.29 bits per heavy atom. The van der Waals surface area contributed by atoms with Gasteiger partial charge in [0.2, 0.25) is 10.9 Å². The highest BCUT2D eigenvalue weighted by Gasteiger charge is 2.23. The van der Waals surface area contributed by atoms with Gasteiger partial charge in [0, 0.05) is 24.0 Å². The van der Waals surface area contributed by atoms with Crippen molar-refractivity contribution in [2.24, 2.45) is 0 Å². The van der Waals surface area contributed by atoms with Crippen LogP contribution in [-0.4, -0.2) is 0 Å². The Balaban J connectivity index is 1.72. The molecule has 184 valence electrons. The molecule has 0 unspecified atom stereocenters. The normalized spacial score (nSPS) is 11.2. The van der Waals surface area contributed by atoms with Crippen LogP contribution in [0.2, 0.25) is 0 Å². The summed E-state index contributed by atoms with van der Waals surface area (Å²) in [6.07, 6.45) is 2.36. The molecule has 0 saturated heterocycles. The van der Waals surface area contributed by atoms with Crippen molar-refractivity contribution in [1.29, 1.82) is 5.26 Å². The zero-order valence-electron chi connectivity index (χ0n) is 20.6. The minimum atomic E-state index is -0.137. The predicted molar refractivity (Wildman–Crippen MR) is 150 cm³/mol. The summed E-state index contributed by atoms with van der Waals surface area (Å²) in [7, 11) is 0. The smallest absolute Gasteiger partial charge is 0.200 e. The molecule has 2 heterocycles. The molecule has 0 amide bonds. The second-order valence-electron chi connectivity index (χ2n) is 9.25. The van der Waals surface area contributed by atoms with E-state index >= 15 is 0 Å². The van der Waals surface area contributed by atoms with Gasteiger partial charge in [-0.25, -0.2) is 0 Å². The van der Waals surface area contributed by atoms with Gasteiger partial charge in [-0.05, 0) is 48.7 Å². The van der Waals surface area contributed by atoms with Gasteiger partial charge < -0.3 is 8.83 Å². The van der Waals surface area contributed by atoms with Crippen molar-refractivity contribution in [3.8, 4) is 28.3 Å². The summed E-state index contributed by atoms with van der Waals surface area (Å²) < 4.78 is 12.7. The molecule has 0 bridgehead atoms. The van der Waals surface area contributed by atoms with Crippen molar-refractivity contribution in [1.82, 2.24) is 0 Å². The summed E-state index contributed by atoms with van der Waals surface area (Å²) in [5.41, 5.74) is 3.79. The molecule has 0 N–H and O–H groups in total. The average molecular weight is 498 g/mol. The molecule has 5 heteroatoms. The van der Waals surface area contributed by atoms with Crippen LogP contribution in [0.1, 0.15) is 25.0 Å². The van der Waals surface area contributed by atoms with E-state index < -0.39 is 0 Å². The first kappa shape index (κ1) is 23.4. The maximum Gasteiger partial charge on any atom is 0.200 e. The summed E-state index contributed by atoms with van der Waals surface area (Å²) in [5, 5.41) is 10.4. The monoisotopic (exact) mass is 497 g/mol. The van der Waals surface area contributed by atoms with Gasteiger partial charge >= 0.3 is 0 Å². The summed E-state index contributed by atoms with van der Waals surface area (Å²) >= 11 is 0. The number of hydrogen-bond donors (Lipinski definition) is 0. The molecule has 38 heavy (non-hydrogen) atoms. The van der Waals surface area contributed by atoms with Crippen LogP contribution in [0.3, 0.4) is 0 Å². The first-order valence-electron chi connectivity index (χ1n) is 12.6. The minimum absolute atomic E-state index is 0.118. The number of hydrogen-bond acceptors (Lipinski definition) is 5. The lowest BCUT2D eigenvalue weighted by atomic mass is 9.90. The van der Waals surface area contributed by atoms with Gasteiger partial charge in [0.25, 0.3) is 0 Å². The SMILES string of the molecule is N#CCCCCc1oc2ccccc2c(=O)c1-c1ccc2c(=O)c3ccccc3oc2c1-c1ccccc1. The zero-order valence-corrected chi connectivity index (χ0v) is 20.6. The molecule has 4 aromatic carbocycles. The van der Waals surface area contributed by atoms with E-state index in [-0.39, 0.29) is 10.9 Å². The van der Waals surface area contributed by atoms with Gasteiger partial charge in [0.15, 0.2) is 0 Å².